The van der Waals surface area contributed by atoms with E-state index in [0.717, 1.165) is 99.1 Å². The molecule has 0 bridgehead atoms. The Morgan fingerprint density at radius 3 is 1.09 bits per heavy atom. The number of hydrogen-bond donors (Lipinski definition) is 4. The number of hydrogen-bond acceptors (Lipinski definition) is 7. The van der Waals surface area contributed by atoms with E-state index in [-0.39, 0.29) is 59.6 Å². The predicted molar refractivity (Wildman–Crippen MR) is 324 cm³/mol. The maximum atomic E-state index is 14.8. The van der Waals surface area contributed by atoms with Gasteiger partial charge in [0.05, 0.1) is 35.0 Å². The van der Waals surface area contributed by atoms with E-state index in [1.807, 2.05) is 38.1 Å². The number of rotatable bonds is 12. The number of aryl methyl sites for hydroxylation is 2. The number of nitrogens with zero attached hydrogens (tertiary/aromatic N) is 2. The molecule has 2 heterocycles. The number of likely N-dealkylation sites (tertiary alicyclic amines) is 2. The van der Waals surface area contributed by atoms with Gasteiger partial charge in [-0.2, -0.15) is 30.2 Å². The Hall–Kier alpha value is -7.62. The van der Waals surface area contributed by atoms with Crippen molar-refractivity contribution >= 4 is 58.5 Å². The molecule has 4 aliphatic rings. The van der Waals surface area contributed by atoms with Crippen molar-refractivity contribution < 1.29 is 67.0 Å². The zero-order valence-corrected chi connectivity index (χ0v) is 50.6. The molecule has 10 nitrogen and oxygen atoms in total. The highest BCUT2D eigenvalue weighted by atomic mass is 32.2. The van der Waals surface area contributed by atoms with Gasteiger partial charge in [0.1, 0.15) is 34.4 Å². The highest BCUT2D eigenvalue weighted by molar-refractivity contribution is 7.93. The Morgan fingerprint density at radius 2 is 0.787 bits per heavy atom. The second-order valence-corrected chi connectivity index (χ2v) is 23.9. The third kappa shape index (κ3) is 16.6. The maximum Gasteiger partial charge on any atom is 0.416 e. The van der Waals surface area contributed by atoms with Crippen LogP contribution in [-0.2, 0) is 21.9 Å². The fourth-order valence-corrected chi connectivity index (χ4v) is 12.7. The van der Waals surface area contributed by atoms with E-state index in [0.29, 0.717) is 36.1 Å². The molecule has 2 saturated carbocycles. The Morgan fingerprint density at radius 1 is 0.483 bits per heavy atom. The van der Waals surface area contributed by atoms with Crippen LogP contribution in [0.4, 0.5) is 70.5 Å². The van der Waals surface area contributed by atoms with E-state index in [1.54, 1.807) is 24.3 Å². The first kappa shape index (κ1) is 67.3. The van der Waals surface area contributed by atoms with Crippen LogP contribution in [0, 0.1) is 60.8 Å². The van der Waals surface area contributed by atoms with Crippen molar-refractivity contribution in [3.8, 4) is 0 Å². The number of halogens is 11. The molecule has 2 aliphatic heterocycles. The standard InChI is InChI=1S/2C33H34F5N3O2.CH3FS/c2*1-19-16-25(31(42)40-24-13-10-20(2)26(17-24)33(36,37)38)30(21-11-14-23(15-12-21)39-22-6-3-4-7-22)41(18-19)32(43)29-27(34)8-5-9-28(29)35;1-3-2/h2*5,8-15,17,19,22,25,30,39H,3-4,6-7,16,18H2,1-2H3,(H,40,42);1H3/t2*19-,25+,30+;/m11./s1. The van der Waals surface area contributed by atoms with Crippen LogP contribution in [0.25, 0.3) is 0 Å². The van der Waals surface area contributed by atoms with Crippen LogP contribution in [-0.4, -0.2) is 64.9 Å². The summed E-state index contributed by atoms with van der Waals surface area (Å²) >= 11 is 0.250. The van der Waals surface area contributed by atoms with Crippen molar-refractivity contribution in [2.45, 2.75) is 128 Å². The first-order valence-corrected chi connectivity index (χ1v) is 30.7. The molecule has 0 spiro atoms. The Labute approximate surface area is 515 Å². The van der Waals surface area contributed by atoms with E-state index in [2.05, 4.69) is 21.3 Å². The molecule has 4 N–H and O–H groups in total. The normalized spacial score (nSPS) is 20.6. The molecule has 2 aliphatic carbocycles. The molecule has 10 rings (SSSR count). The van der Waals surface area contributed by atoms with Crippen molar-refractivity contribution in [1.29, 1.82) is 0 Å². The van der Waals surface area contributed by atoms with Crippen LogP contribution >= 0.6 is 12.1 Å². The van der Waals surface area contributed by atoms with E-state index in [1.165, 1.54) is 66.3 Å². The van der Waals surface area contributed by atoms with Crippen molar-refractivity contribution in [3.05, 3.63) is 189 Å². The Balaban J connectivity index is 0.000000220. The van der Waals surface area contributed by atoms with E-state index in [9.17, 15) is 67.0 Å². The fourth-order valence-electron chi connectivity index (χ4n) is 12.7. The molecule has 0 unspecified atom stereocenters. The molecule has 22 heteroatoms. The smallest absolute Gasteiger partial charge is 0.382 e. The summed E-state index contributed by atoms with van der Waals surface area (Å²) in [5, 5.41) is 12.2. The van der Waals surface area contributed by atoms with Crippen LogP contribution in [0.15, 0.2) is 121 Å². The van der Waals surface area contributed by atoms with Gasteiger partial charge in [-0.3, -0.25) is 19.2 Å². The first-order chi connectivity index (χ1) is 42.2. The average molecular weight is 1270 g/mol. The number of piperidine rings is 2. The molecule has 476 valence electrons. The summed E-state index contributed by atoms with van der Waals surface area (Å²) in [6, 6.07) is 26.9. The van der Waals surface area contributed by atoms with Crippen LogP contribution in [0.5, 0.6) is 0 Å². The van der Waals surface area contributed by atoms with Gasteiger partial charge in [0, 0.05) is 66.3 Å². The Bertz CT molecular complexity index is 3180. The summed E-state index contributed by atoms with van der Waals surface area (Å²) < 4.78 is 151. The molecule has 4 amide bonds. The topological polar surface area (TPSA) is 123 Å². The van der Waals surface area contributed by atoms with E-state index in [4.69, 9.17) is 0 Å². The van der Waals surface area contributed by atoms with Gasteiger partial charge in [-0.15, -0.1) is 0 Å². The molecule has 2 saturated heterocycles. The van der Waals surface area contributed by atoms with Gasteiger partial charge in [0.2, 0.25) is 11.8 Å². The number of carbonyl (C=O) groups is 4. The second-order valence-electron chi connectivity index (χ2n) is 23.6. The number of anilines is 4. The SMILES string of the molecule is CSF.Cc1ccc(NC(=O)[C@H]2C[C@@H](C)CN(C(=O)c3c(F)cccc3F)[C@H]2c2ccc(NC3CCCC3)cc2)cc1C(F)(F)F.Cc1ccc(NC(=O)[C@H]2C[C@@H](C)CN(C(=O)c3c(F)cccc3F)[C@H]2c2ccc(NC3CCCC3)cc2)cc1C(F)(F)F. The lowest BCUT2D eigenvalue weighted by molar-refractivity contribution is -0.138. The van der Waals surface area contributed by atoms with Gasteiger partial charge in [0.15, 0.2) is 0 Å². The zero-order chi connectivity index (χ0) is 64.5. The minimum Gasteiger partial charge on any atom is -0.382 e. The molecule has 0 radical (unpaired) electrons. The maximum absolute atomic E-state index is 14.8. The quantitative estimate of drug-likeness (QED) is 0.0900. The van der Waals surface area contributed by atoms with Crippen molar-refractivity contribution in [2.75, 3.05) is 40.6 Å². The van der Waals surface area contributed by atoms with Crippen LogP contribution in [0.3, 0.4) is 0 Å². The minimum absolute atomic E-state index is 0.0182. The van der Waals surface area contributed by atoms with Crippen molar-refractivity contribution in [3.63, 3.8) is 0 Å². The summed E-state index contributed by atoms with van der Waals surface area (Å²) in [5.74, 6) is -9.33. The van der Waals surface area contributed by atoms with Gasteiger partial charge in [0.25, 0.3) is 11.8 Å². The second kappa shape index (κ2) is 29.3. The summed E-state index contributed by atoms with van der Waals surface area (Å²) in [6.07, 6.45) is 1.66. The number of nitrogens with one attached hydrogen (secondary N) is 4. The molecule has 0 aromatic heterocycles. The van der Waals surface area contributed by atoms with Crippen LogP contribution in [0.1, 0.15) is 144 Å². The lowest BCUT2D eigenvalue weighted by Gasteiger charge is -2.43. The molecule has 4 fully saturated rings. The van der Waals surface area contributed by atoms with Gasteiger partial charge >= 0.3 is 12.4 Å². The lowest BCUT2D eigenvalue weighted by Crippen LogP contribution is -2.49. The average Bonchev–Trinajstić information content (AvgIpc) is 2.09. The van der Waals surface area contributed by atoms with E-state index >= 15 is 0 Å². The molecule has 89 heavy (non-hydrogen) atoms. The highest BCUT2D eigenvalue weighted by Crippen LogP contribution is 2.44. The van der Waals surface area contributed by atoms with Crippen molar-refractivity contribution in [2.24, 2.45) is 23.7 Å². The largest absolute Gasteiger partial charge is 0.416 e. The minimum atomic E-state index is -4.60. The third-order valence-electron chi connectivity index (χ3n) is 16.9. The summed E-state index contributed by atoms with van der Waals surface area (Å²) in [7, 11) is 0. The van der Waals surface area contributed by atoms with Crippen LogP contribution < -0.4 is 21.3 Å². The molecular weight excluding hydrogens is 1190 g/mol. The van der Waals surface area contributed by atoms with Crippen molar-refractivity contribution in [1.82, 2.24) is 9.80 Å². The summed E-state index contributed by atoms with van der Waals surface area (Å²) in [4.78, 5) is 57.7. The van der Waals surface area contributed by atoms with Gasteiger partial charge in [-0.05, 0) is 159 Å². The molecule has 6 aromatic rings. The number of carbonyl (C=O) groups excluding carboxylic acids is 4. The monoisotopic (exact) mass is 1260 g/mol. The first-order valence-electron chi connectivity index (χ1n) is 29.6. The van der Waals surface area contributed by atoms with Gasteiger partial charge < -0.3 is 31.1 Å². The molecule has 6 atom stereocenters. The van der Waals surface area contributed by atoms with Gasteiger partial charge in [-0.1, -0.05) is 88.1 Å². The number of benzene rings is 6. The Kier molecular flexibility index (Phi) is 22.2. The zero-order valence-electron chi connectivity index (χ0n) is 49.7. The number of alkyl halides is 6. The van der Waals surface area contributed by atoms with Gasteiger partial charge in [-0.25, -0.2) is 17.6 Å². The molecular formula is C67H71F11N6O4S. The summed E-state index contributed by atoms with van der Waals surface area (Å²) in [5.41, 5.74) is -0.286. The fraction of sp³-hybridized carbons (Fsp3) is 0.403. The molecule has 6 aromatic carbocycles. The lowest BCUT2D eigenvalue weighted by atomic mass is 9.79. The predicted octanol–water partition coefficient (Wildman–Crippen LogP) is 17.5. The van der Waals surface area contributed by atoms with Crippen LogP contribution in [0.2, 0.25) is 0 Å². The highest BCUT2D eigenvalue weighted by Gasteiger charge is 2.46. The number of amides is 4. The van der Waals surface area contributed by atoms with E-state index < -0.39 is 105 Å². The summed E-state index contributed by atoms with van der Waals surface area (Å²) in [6.45, 7) is 6.57. The third-order valence-corrected chi connectivity index (χ3v) is 16.9.